The first-order valence-electron chi connectivity index (χ1n) is 8.16. The van der Waals surface area contributed by atoms with Crippen molar-refractivity contribution in [1.29, 1.82) is 0 Å². The van der Waals surface area contributed by atoms with Gasteiger partial charge in [-0.15, -0.1) is 0 Å². The Morgan fingerprint density at radius 1 is 1.36 bits per heavy atom. The Morgan fingerprint density at radius 2 is 2.16 bits per heavy atom. The molecule has 1 aliphatic heterocycles. The van der Waals surface area contributed by atoms with Crippen molar-refractivity contribution in [3.05, 3.63) is 23.8 Å². The number of rotatable bonds is 8. The molecule has 25 heavy (non-hydrogen) atoms. The van der Waals surface area contributed by atoms with Crippen molar-refractivity contribution < 1.29 is 23.5 Å². The maximum Gasteiger partial charge on any atom is 0.251 e. The van der Waals surface area contributed by atoms with Crippen molar-refractivity contribution in [2.24, 2.45) is 0 Å². The van der Waals surface area contributed by atoms with Crippen molar-refractivity contribution in [3.8, 4) is 5.75 Å². The quantitative estimate of drug-likeness (QED) is 0.674. The van der Waals surface area contributed by atoms with Gasteiger partial charge in [-0.25, -0.2) is 4.39 Å². The highest BCUT2D eigenvalue weighted by molar-refractivity contribution is 5.95. The van der Waals surface area contributed by atoms with Crippen LogP contribution in [-0.2, 0) is 9.53 Å². The van der Waals surface area contributed by atoms with Gasteiger partial charge in [-0.2, -0.15) is 0 Å². The third-order valence-electron chi connectivity index (χ3n) is 4.01. The molecule has 7 nitrogen and oxygen atoms in total. The predicted octanol–water partition coefficient (Wildman–Crippen LogP) is 0.736. The number of alkyl halides is 1. The second-order valence-corrected chi connectivity index (χ2v) is 5.75. The highest BCUT2D eigenvalue weighted by Gasteiger charge is 2.27. The molecule has 2 amide bonds. The molecule has 0 aliphatic carbocycles. The lowest BCUT2D eigenvalue weighted by molar-refractivity contribution is -0.121. The Labute approximate surface area is 146 Å². The molecule has 2 N–H and O–H groups in total. The van der Waals surface area contributed by atoms with E-state index in [4.69, 9.17) is 9.47 Å². The fourth-order valence-corrected chi connectivity index (χ4v) is 2.59. The van der Waals surface area contributed by atoms with Crippen LogP contribution in [-0.4, -0.2) is 65.0 Å². The van der Waals surface area contributed by atoms with Gasteiger partial charge in [-0.1, -0.05) is 0 Å². The van der Waals surface area contributed by atoms with Gasteiger partial charge in [0.15, 0.2) is 0 Å². The largest absolute Gasteiger partial charge is 0.489 e. The molecule has 1 heterocycles. The Bertz CT molecular complexity index is 612. The van der Waals surface area contributed by atoms with Gasteiger partial charge in [0.2, 0.25) is 5.91 Å². The monoisotopic (exact) mass is 353 g/mol. The molecule has 8 heteroatoms. The molecule has 1 aromatic rings. The lowest BCUT2D eigenvalue weighted by atomic mass is 10.1. The fourth-order valence-electron chi connectivity index (χ4n) is 2.59. The minimum atomic E-state index is -0.590. The number of nitrogens with zero attached hydrogens (tertiary/aromatic N) is 1. The molecular formula is C17H24FN3O4. The third-order valence-corrected chi connectivity index (χ3v) is 4.01. The van der Waals surface area contributed by atoms with Crippen LogP contribution in [0.25, 0.3) is 0 Å². The average Bonchev–Trinajstić information content (AvgIpc) is 2.62. The number of likely N-dealkylation sites (N-methyl/N-ethyl adjacent to an activating group) is 1. The fraction of sp³-hybridized carbons (Fsp3) is 0.529. The minimum Gasteiger partial charge on any atom is -0.489 e. The number of ether oxygens (including phenoxy) is 2. The van der Waals surface area contributed by atoms with Gasteiger partial charge < -0.3 is 25.0 Å². The number of halogens is 1. The van der Waals surface area contributed by atoms with E-state index in [-0.39, 0.29) is 30.8 Å². The molecular weight excluding hydrogens is 329 g/mol. The molecule has 0 spiro atoms. The lowest BCUT2D eigenvalue weighted by Crippen LogP contribution is -2.44. The van der Waals surface area contributed by atoms with Crippen LogP contribution >= 0.6 is 0 Å². The minimum absolute atomic E-state index is 0.0124. The number of hydrogen-bond donors (Lipinski definition) is 2. The van der Waals surface area contributed by atoms with Crippen molar-refractivity contribution in [2.75, 3.05) is 52.0 Å². The number of anilines is 1. The van der Waals surface area contributed by atoms with E-state index in [0.29, 0.717) is 31.1 Å². The average molecular weight is 353 g/mol. The standard InChI is InChI=1S/C17H24FN3O4/c1-21-13(10-16(22)19-6-5-18)11-25-15-4-3-12(9-14(15)21)17(23)20-7-8-24-2/h3-4,9,13H,5-8,10-11H2,1-2H3,(H,19,22)(H,20,23)/t13-/m0/s1. The molecule has 0 radical (unpaired) electrons. The SMILES string of the molecule is COCCNC(=O)c1ccc2c(c1)N(C)[C@@H](CC(=O)NCCF)CO2. The predicted molar refractivity (Wildman–Crippen MR) is 91.9 cm³/mol. The van der Waals surface area contributed by atoms with Crippen molar-refractivity contribution >= 4 is 17.5 Å². The summed E-state index contributed by atoms with van der Waals surface area (Å²) in [5.74, 6) is 0.238. The van der Waals surface area contributed by atoms with Crippen LogP contribution in [0, 0.1) is 0 Å². The molecule has 2 rings (SSSR count). The maximum absolute atomic E-state index is 12.2. The number of methoxy groups -OCH3 is 1. The summed E-state index contributed by atoms with van der Waals surface area (Å²) in [6.45, 7) is 0.642. The van der Waals surface area contributed by atoms with E-state index in [0.717, 1.165) is 5.69 Å². The summed E-state index contributed by atoms with van der Waals surface area (Å²) in [5.41, 5.74) is 1.25. The summed E-state index contributed by atoms with van der Waals surface area (Å²) in [6, 6.07) is 5.00. The van der Waals surface area contributed by atoms with E-state index in [9.17, 15) is 14.0 Å². The summed E-state index contributed by atoms with van der Waals surface area (Å²) < 4.78 is 22.7. The van der Waals surface area contributed by atoms with Crippen LogP contribution in [0.5, 0.6) is 5.75 Å². The summed E-state index contributed by atoms with van der Waals surface area (Å²) in [7, 11) is 3.42. The lowest BCUT2D eigenvalue weighted by Gasteiger charge is -2.35. The van der Waals surface area contributed by atoms with E-state index in [1.807, 2.05) is 11.9 Å². The van der Waals surface area contributed by atoms with Gasteiger partial charge >= 0.3 is 0 Å². The molecule has 1 atom stereocenters. The number of carbonyl (C=O) groups excluding carboxylic acids is 2. The molecule has 0 saturated carbocycles. The molecule has 0 fully saturated rings. The Balaban J connectivity index is 2.05. The maximum atomic E-state index is 12.2. The van der Waals surface area contributed by atoms with Crippen LogP contribution in [0.2, 0.25) is 0 Å². The van der Waals surface area contributed by atoms with Crippen molar-refractivity contribution in [2.45, 2.75) is 12.5 Å². The second kappa shape index (κ2) is 9.22. The number of fused-ring (bicyclic) bond motifs is 1. The Morgan fingerprint density at radius 3 is 2.88 bits per heavy atom. The van der Waals surface area contributed by atoms with E-state index in [1.165, 1.54) is 0 Å². The summed E-state index contributed by atoms with van der Waals surface area (Å²) in [4.78, 5) is 25.9. The Kier molecular flexibility index (Phi) is 7.00. The highest BCUT2D eigenvalue weighted by atomic mass is 19.1. The second-order valence-electron chi connectivity index (χ2n) is 5.75. The van der Waals surface area contributed by atoms with E-state index < -0.39 is 6.67 Å². The molecule has 0 unspecified atom stereocenters. The first kappa shape index (κ1) is 19.0. The zero-order valence-corrected chi connectivity index (χ0v) is 14.5. The summed E-state index contributed by atoms with van der Waals surface area (Å²) in [6.07, 6.45) is 0.195. The van der Waals surface area contributed by atoms with Crippen LogP contribution in [0.3, 0.4) is 0 Å². The van der Waals surface area contributed by atoms with Gasteiger partial charge in [-0.05, 0) is 18.2 Å². The molecule has 0 saturated heterocycles. The number of hydrogen-bond acceptors (Lipinski definition) is 5. The molecule has 1 aliphatic rings. The van der Waals surface area contributed by atoms with Gasteiger partial charge in [0.05, 0.1) is 24.8 Å². The van der Waals surface area contributed by atoms with Crippen LogP contribution in [0.4, 0.5) is 10.1 Å². The zero-order chi connectivity index (χ0) is 18.2. The number of nitrogens with one attached hydrogen (secondary N) is 2. The topological polar surface area (TPSA) is 79.9 Å². The van der Waals surface area contributed by atoms with Gasteiger partial charge in [0.25, 0.3) is 5.91 Å². The highest BCUT2D eigenvalue weighted by Crippen LogP contribution is 2.34. The summed E-state index contributed by atoms with van der Waals surface area (Å²) in [5, 5.41) is 5.28. The smallest absolute Gasteiger partial charge is 0.251 e. The first-order valence-corrected chi connectivity index (χ1v) is 8.16. The normalized spacial score (nSPS) is 16.0. The van der Waals surface area contributed by atoms with Crippen molar-refractivity contribution in [3.63, 3.8) is 0 Å². The summed E-state index contributed by atoms with van der Waals surface area (Å²) >= 11 is 0. The number of benzene rings is 1. The van der Waals surface area contributed by atoms with Gasteiger partial charge in [0.1, 0.15) is 19.0 Å². The molecule has 0 aromatic heterocycles. The molecule has 1 aromatic carbocycles. The van der Waals surface area contributed by atoms with Gasteiger partial charge in [-0.3, -0.25) is 9.59 Å². The number of amides is 2. The van der Waals surface area contributed by atoms with Crippen LogP contribution in [0.15, 0.2) is 18.2 Å². The Hall–Kier alpha value is -2.35. The van der Waals surface area contributed by atoms with Crippen molar-refractivity contribution in [1.82, 2.24) is 10.6 Å². The van der Waals surface area contributed by atoms with Gasteiger partial charge in [0, 0.05) is 32.8 Å². The number of carbonyl (C=O) groups is 2. The first-order chi connectivity index (χ1) is 12.1. The molecule has 0 bridgehead atoms. The third kappa shape index (κ3) is 5.06. The van der Waals surface area contributed by atoms with Crippen LogP contribution in [0.1, 0.15) is 16.8 Å². The van der Waals surface area contributed by atoms with E-state index >= 15 is 0 Å². The zero-order valence-electron chi connectivity index (χ0n) is 14.5. The molecule has 138 valence electrons. The van der Waals surface area contributed by atoms with E-state index in [1.54, 1.807) is 25.3 Å². The van der Waals surface area contributed by atoms with E-state index in [2.05, 4.69) is 10.6 Å². The van der Waals surface area contributed by atoms with Crippen LogP contribution < -0.4 is 20.3 Å².